The zero-order chi connectivity index (χ0) is 13.2. The summed E-state index contributed by atoms with van der Waals surface area (Å²) in [6.45, 7) is 3.07. The number of rotatable bonds is 4. The molecule has 3 rings (SSSR count). The zero-order valence-electron chi connectivity index (χ0n) is 10.8. The smallest absolute Gasteiger partial charge is 0.252 e. The summed E-state index contributed by atoms with van der Waals surface area (Å²) in [5.41, 5.74) is 0.571. The van der Waals surface area contributed by atoms with Gasteiger partial charge in [-0.05, 0) is 43.9 Å². The Morgan fingerprint density at radius 3 is 2.95 bits per heavy atom. The molecule has 0 aromatic carbocycles. The standard InChI is InChI=1S/C14H18ClN3O/c15-13-4-1-11(8-16-13)14(19)17-7-10-5-6-18(9-10)12-2-3-12/h1,4,8,10,12H,2-3,5-7,9H2,(H,17,19). The van der Waals surface area contributed by atoms with Crippen LogP contribution in [0, 0.1) is 5.92 Å². The topological polar surface area (TPSA) is 45.2 Å². The van der Waals surface area contributed by atoms with Crippen LogP contribution in [0.1, 0.15) is 29.6 Å². The molecule has 102 valence electrons. The SMILES string of the molecule is O=C(NCC1CCN(C2CC2)C1)c1ccc(Cl)nc1. The maximum absolute atomic E-state index is 11.9. The number of hydrogen-bond acceptors (Lipinski definition) is 3. The number of halogens is 1. The van der Waals surface area contributed by atoms with Crippen molar-refractivity contribution in [3.8, 4) is 0 Å². The number of nitrogens with one attached hydrogen (secondary N) is 1. The lowest BCUT2D eigenvalue weighted by atomic mass is 10.1. The van der Waals surface area contributed by atoms with Gasteiger partial charge in [-0.15, -0.1) is 0 Å². The molecule has 2 fully saturated rings. The summed E-state index contributed by atoms with van der Waals surface area (Å²) in [7, 11) is 0. The Labute approximate surface area is 118 Å². The quantitative estimate of drug-likeness (QED) is 0.857. The Balaban J connectivity index is 1.46. The van der Waals surface area contributed by atoms with Crippen molar-refractivity contribution in [3.63, 3.8) is 0 Å². The van der Waals surface area contributed by atoms with Gasteiger partial charge in [0.2, 0.25) is 0 Å². The maximum Gasteiger partial charge on any atom is 0.252 e. The van der Waals surface area contributed by atoms with Gasteiger partial charge in [0, 0.05) is 25.3 Å². The van der Waals surface area contributed by atoms with Crippen molar-refractivity contribution < 1.29 is 4.79 Å². The number of amides is 1. The molecule has 1 aliphatic carbocycles. The summed E-state index contributed by atoms with van der Waals surface area (Å²) in [6.07, 6.45) is 5.42. The van der Waals surface area contributed by atoms with E-state index in [1.807, 2.05) is 0 Å². The first-order chi connectivity index (χ1) is 9.22. The highest BCUT2D eigenvalue weighted by atomic mass is 35.5. The molecule has 1 saturated heterocycles. The first kappa shape index (κ1) is 12.9. The highest BCUT2D eigenvalue weighted by molar-refractivity contribution is 6.29. The molecule has 2 heterocycles. The molecule has 1 saturated carbocycles. The summed E-state index contributed by atoms with van der Waals surface area (Å²) in [4.78, 5) is 18.4. The van der Waals surface area contributed by atoms with Gasteiger partial charge in [-0.2, -0.15) is 0 Å². The summed E-state index contributed by atoms with van der Waals surface area (Å²) in [5.74, 6) is 0.527. The van der Waals surface area contributed by atoms with E-state index in [2.05, 4.69) is 15.2 Å². The average molecular weight is 280 g/mol. The lowest BCUT2D eigenvalue weighted by molar-refractivity contribution is 0.0947. The summed E-state index contributed by atoms with van der Waals surface area (Å²) >= 11 is 5.70. The molecule has 1 aliphatic heterocycles. The van der Waals surface area contributed by atoms with Gasteiger partial charge in [0.15, 0.2) is 0 Å². The van der Waals surface area contributed by atoms with Crippen molar-refractivity contribution in [2.75, 3.05) is 19.6 Å². The number of hydrogen-bond donors (Lipinski definition) is 1. The summed E-state index contributed by atoms with van der Waals surface area (Å²) in [6, 6.07) is 4.18. The van der Waals surface area contributed by atoms with Crippen LogP contribution in [0.4, 0.5) is 0 Å². The number of carbonyl (C=O) groups excluding carboxylic acids is 1. The van der Waals surface area contributed by atoms with Crippen LogP contribution < -0.4 is 5.32 Å². The second-order valence-corrected chi connectivity index (χ2v) is 5.85. The first-order valence-corrected chi connectivity index (χ1v) is 7.24. The van der Waals surface area contributed by atoms with Gasteiger partial charge in [0.05, 0.1) is 5.56 Å². The monoisotopic (exact) mass is 279 g/mol. The third kappa shape index (κ3) is 3.25. The van der Waals surface area contributed by atoms with Gasteiger partial charge in [-0.3, -0.25) is 4.79 Å². The third-order valence-electron chi connectivity index (χ3n) is 3.92. The van der Waals surface area contributed by atoms with Gasteiger partial charge in [0.1, 0.15) is 5.15 Å². The molecule has 19 heavy (non-hydrogen) atoms. The van der Waals surface area contributed by atoms with Crippen LogP contribution in [0.3, 0.4) is 0 Å². The van der Waals surface area contributed by atoms with Crippen molar-refractivity contribution in [2.24, 2.45) is 5.92 Å². The zero-order valence-corrected chi connectivity index (χ0v) is 11.6. The Kier molecular flexibility index (Phi) is 3.71. The van der Waals surface area contributed by atoms with E-state index in [9.17, 15) is 4.79 Å². The predicted octanol–water partition coefficient (Wildman–Crippen LogP) is 1.95. The fourth-order valence-electron chi connectivity index (χ4n) is 2.65. The molecule has 4 nitrogen and oxygen atoms in total. The number of likely N-dealkylation sites (tertiary alicyclic amines) is 1. The van der Waals surface area contributed by atoms with Crippen molar-refractivity contribution in [3.05, 3.63) is 29.0 Å². The molecule has 2 aliphatic rings. The molecule has 1 aromatic heterocycles. The summed E-state index contributed by atoms with van der Waals surface area (Å²) < 4.78 is 0. The van der Waals surface area contributed by atoms with Gasteiger partial charge < -0.3 is 10.2 Å². The van der Waals surface area contributed by atoms with Gasteiger partial charge in [-0.25, -0.2) is 4.98 Å². The fraction of sp³-hybridized carbons (Fsp3) is 0.571. The van der Waals surface area contributed by atoms with E-state index in [1.165, 1.54) is 32.0 Å². The predicted molar refractivity (Wildman–Crippen MR) is 74.3 cm³/mol. The molecular formula is C14H18ClN3O. The van der Waals surface area contributed by atoms with Crippen LogP contribution in [-0.2, 0) is 0 Å². The van der Waals surface area contributed by atoms with Gasteiger partial charge in [-0.1, -0.05) is 11.6 Å². The Hall–Kier alpha value is -1.13. The molecular weight excluding hydrogens is 262 g/mol. The van der Waals surface area contributed by atoms with Crippen LogP contribution in [0.25, 0.3) is 0 Å². The second kappa shape index (κ2) is 5.47. The van der Waals surface area contributed by atoms with E-state index in [4.69, 9.17) is 11.6 Å². The van der Waals surface area contributed by atoms with E-state index in [-0.39, 0.29) is 5.91 Å². The average Bonchev–Trinajstić information content (AvgIpc) is 3.16. The van der Waals surface area contributed by atoms with E-state index in [1.54, 1.807) is 12.1 Å². The minimum absolute atomic E-state index is 0.0611. The molecule has 0 spiro atoms. The molecule has 1 N–H and O–H groups in total. The molecule has 1 atom stereocenters. The highest BCUT2D eigenvalue weighted by Gasteiger charge is 2.34. The number of nitrogens with zero attached hydrogens (tertiary/aromatic N) is 2. The van der Waals surface area contributed by atoms with Crippen LogP contribution in [0.15, 0.2) is 18.3 Å². The Morgan fingerprint density at radius 1 is 1.42 bits per heavy atom. The largest absolute Gasteiger partial charge is 0.352 e. The number of pyridine rings is 1. The number of aromatic nitrogens is 1. The van der Waals surface area contributed by atoms with E-state index < -0.39 is 0 Å². The van der Waals surface area contributed by atoms with Crippen molar-refractivity contribution in [1.29, 1.82) is 0 Å². The maximum atomic E-state index is 11.9. The Bertz CT molecular complexity index is 458. The van der Waals surface area contributed by atoms with E-state index in [0.717, 1.165) is 19.1 Å². The second-order valence-electron chi connectivity index (χ2n) is 5.46. The van der Waals surface area contributed by atoms with E-state index in [0.29, 0.717) is 16.6 Å². The van der Waals surface area contributed by atoms with Crippen LogP contribution in [-0.4, -0.2) is 41.5 Å². The molecule has 1 aromatic rings. The highest BCUT2D eigenvalue weighted by Crippen LogP contribution is 2.31. The third-order valence-corrected chi connectivity index (χ3v) is 4.14. The van der Waals surface area contributed by atoms with Crippen LogP contribution in [0.5, 0.6) is 0 Å². The van der Waals surface area contributed by atoms with Crippen molar-refractivity contribution in [2.45, 2.75) is 25.3 Å². The van der Waals surface area contributed by atoms with Crippen molar-refractivity contribution >= 4 is 17.5 Å². The Morgan fingerprint density at radius 2 is 2.26 bits per heavy atom. The lowest BCUT2D eigenvalue weighted by Gasteiger charge is -2.15. The van der Waals surface area contributed by atoms with Crippen LogP contribution >= 0.6 is 11.6 Å². The van der Waals surface area contributed by atoms with Crippen LogP contribution in [0.2, 0.25) is 5.15 Å². The van der Waals surface area contributed by atoms with Gasteiger partial charge >= 0.3 is 0 Å². The summed E-state index contributed by atoms with van der Waals surface area (Å²) in [5, 5.41) is 3.40. The van der Waals surface area contributed by atoms with Crippen molar-refractivity contribution in [1.82, 2.24) is 15.2 Å². The first-order valence-electron chi connectivity index (χ1n) is 6.86. The minimum Gasteiger partial charge on any atom is -0.352 e. The molecule has 5 heteroatoms. The molecule has 1 amide bonds. The molecule has 0 bridgehead atoms. The normalized spacial score (nSPS) is 23.5. The fourth-order valence-corrected chi connectivity index (χ4v) is 2.76. The molecule has 1 unspecified atom stereocenters. The number of carbonyl (C=O) groups is 1. The lowest BCUT2D eigenvalue weighted by Crippen LogP contribution is -2.31. The molecule has 0 radical (unpaired) electrons. The van der Waals surface area contributed by atoms with Gasteiger partial charge in [0.25, 0.3) is 5.91 Å². The van der Waals surface area contributed by atoms with E-state index >= 15 is 0 Å². The minimum atomic E-state index is -0.0611.